The molecule has 0 N–H and O–H groups in total. The van der Waals surface area contributed by atoms with Crippen molar-refractivity contribution in [2.24, 2.45) is 0 Å². The van der Waals surface area contributed by atoms with E-state index in [1.54, 1.807) is 0 Å². The zero-order chi connectivity index (χ0) is 2.71. The minimum absolute atomic E-state index is 0. The fraction of sp³-hybridized carbons (Fsp3) is 0. The first-order chi connectivity index (χ1) is 1.41. The topological polar surface area (TPSA) is 0 Å². The van der Waals surface area contributed by atoms with Gasteiger partial charge in [-0.1, -0.05) is 0 Å². The summed E-state index contributed by atoms with van der Waals surface area (Å²) in [6, 6.07) is 0. The minimum atomic E-state index is -0.583. The van der Waals surface area contributed by atoms with Gasteiger partial charge in [0.1, 0.15) is 0 Å². The quantitative estimate of drug-likeness (QED) is 0.230. The Morgan fingerprint density at radius 2 is 0.857 bits per heavy atom. The Bertz CT molecular complexity index is 30.7. The number of thiol groups is 2. The second-order valence-electron chi connectivity index (χ2n) is 0.0680. The van der Waals surface area contributed by atoms with Crippen molar-refractivity contribution >= 4 is 46.6 Å². The van der Waals surface area contributed by atoms with Crippen LogP contribution < -0.4 is 103 Å². The molecule has 0 bridgehead atoms. The van der Waals surface area contributed by atoms with Crippen LogP contribution in [0.5, 0.6) is 0 Å². The van der Waals surface area contributed by atoms with Crippen LogP contribution in [0.25, 0.3) is 0 Å². The molecule has 0 radical (unpaired) electrons. The maximum absolute atomic E-state index is 4.38. The van der Waals surface area contributed by atoms with Gasteiger partial charge in [0, 0.05) is 0 Å². The first kappa shape index (κ1) is 29.6. The molecule has 0 aliphatic rings. The predicted molar refractivity (Wildman–Crippen MR) is 32.7 cm³/mol. The van der Waals surface area contributed by atoms with Crippen molar-refractivity contribution in [3.05, 3.63) is 0 Å². The van der Waals surface area contributed by atoms with E-state index in [1.807, 2.05) is 0 Å². The normalized spacial score (nSPS) is 1.71. The van der Waals surface area contributed by atoms with Gasteiger partial charge in [0.05, 0.1) is 0 Å². The fourth-order valence-corrected chi connectivity index (χ4v) is 0. The number of hydrogen-bond donors (Lipinski definition) is 0. The molecule has 34 valence electrons. The van der Waals surface area contributed by atoms with Crippen molar-refractivity contribution in [1.82, 2.24) is 0 Å². The van der Waals surface area contributed by atoms with Crippen LogP contribution in [0.3, 0.4) is 0 Å². The van der Waals surface area contributed by atoms with Crippen molar-refractivity contribution in [3.8, 4) is 0 Å². The SMILES string of the molecule is [K+].[K+].[SH-].[SH-].[S]=[W]=[S]. The molecule has 7 heteroatoms. The predicted octanol–water partition coefficient (Wildman–Crippen LogP) is -5.24. The van der Waals surface area contributed by atoms with Gasteiger partial charge in [-0.2, -0.15) is 0 Å². The molecule has 0 aromatic heterocycles. The second kappa shape index (κ2) is 30.4. The molecule has 0 unspecified atom stereocenters. The standard InChI is InChI=1S/2K.2H2S.2S.W/h;;2*1H2;;;/q2*+1;;;;;/p-2. The van der Waals surface area contributed by atoms with E-state index in [1.165, 1.54) is 0 Å². The Kier molecular flexibility index (Phi) is 129. The average molecular weight is 392 g/mol. The molecule has 0 nitrogen and oxygen atoms in total. The molecule has 0 amide bonds. The van der Waals surface area contributed by atoms with Gasteiger partial charge >= 0.3 is 137 Å². The molecule has 0 fully saturated rings. The molecule has 0 rings (SSSR count). The molecule has 0 saturated carbocycles. The van der Waals surface area contributed by atoms with E-state index >= 15 is 0 Å². The van der Waals surface area contributed by atoms with Crippen molar-refractivity contribution < 1.29 is 118 Å². The summed E-state index contributed by atoms with van der Waals surface area (Å²) in [7, 11) is 8.75. The van der Waals surface area contributed by atoms with E-state index in [-0.39, 0.29) is 130 Å². The second-order valence-corrected chi connectivity index (χ2v) is 5.01. The van der Waals surface area contributed by atoms with Crippen molar-refractivity contribution in [2.75, 3.05) is 0 Å². The van der Waals surface area contributed by atoms with Crippen LogP contribution in [-0.2, 0) is 41.9 Å². The van der Waals surface area contributed by atoms with Gasteiger partial charge in [0.25, 0.3) is 0 Å². The molecule has 0 aliphatic heterocycles. The van der Waals surface area contributed by atoms with Gasteiger partial charge in [-0.25, -0.2) is 0 Å². The van der Waals surface area contributed by atoms with E-state index in [0.717, 1.165) is 0 Å². The third kappa shape index (κ3) is 35.3. The Hall–Kier alpha value is 5.10. The van der Waals surface area contributed by atoms with Crippen LogP contribution in [0, 0.1) is 0 Å². The number of hydrogen-bond acceptors (Lipinski definition) is 4. The van der Waals surface area contributed by atoms with Gasteiger partial charge in [0.15, 0.2) is 0 Å². The fourth-order valence-electron chi connectivity index (χ4n) is 0. The third-order valence-electron chi connectivity index (χ3n) is 0. The van der Waals surface area contributed by atoms with E-state index in [2.05, 4.69) is 19.6 Å². The summed E-state index contributed by atoms with van der Waals surface area (Å²) in [5, 5.41) is 0. The molecule has 0 aliphatic carbocycles. The van der Waals surface area contributed by atoms with Crippen molar-refractivity contribution in [1.29, 1.82) is 0 Å². The summed E-state index contributed by atoms with van der Waals surface area (Å²) in [4.78, 5) is 0. The molecule has 0 atom stereocenters. The summed E-state index contributed by atoms with van der Waals surface area (Å²) in [5.41, 5.74) is 0. The van der Waals surface area contributed by atoms with Gasteiger partial charge < -0.3 is 27.0 Å². The summed E-state index contributed by atoms with van der Waals surface area (Å²) in [6.45, 7) is 0. The van der Waals surface area contributed by atoms with Crippen LogP contribution >= 0.6 is 19.6 Å². The summed E-state index contributed by atoms with van der Waals surface area (Å²) >= 11 is -0.583. The Morgan fingerprint density at radius 3 is 0.857 bits per heavy atom. The molecule has 0 aromatic rings. The zero-order valence-electron chi connectivity index (χ0n) is 4.12. The maximum atomic E-state index is 4.38. The molecule has 7 heavy (non-hydrogen) atoms. The molecular weight excluding hydrogens is 390 g/mol. The van der Waals surface area contributed by atoms with Crippen LogP contribution in [0.15, 0.2) is 0 Å². The van der Waals surface area contributed by atoms with E-state index in [0.29, 0.717) is 0 Å². The van der Waals surface area contributed by atoms with Crippen molar-refractivity contribution in [2.45, 2.75) is 0 Å². The van der Waals surface area contributed by atoms with E-state index in [9.17, 15) is 0 Å². The monoisotopic (exact) mass is 392 g/mol. The molecule has 0 heterocycles. The molecule has 0 spiro atoms. The van der Waals surface area contributed by atoms with Gasteiger partial charge in [-0.3, -0.25) is 0 Å². The van der Waals surface area contributed by atoms with E-state index in [4.69, 9.17) is 0 Å². The van der Waals surface area contributed by atoms with Crippen molar-refractivity contribution in [3.63, 3.8) is 0 Å². The van der Waals surface area contributed by atoms with Gasteiger partial charge in [0.2, 0.25) is 0 Å². The summed E-state index contributed by atoms with van der Waals surface area (Å²) in [6.07, 6.45) is 0. The van der Waals surface area contributed by atoms with Crippen LogP contribution in [0.2, 0.25) is 0 Å². The Labute approximate surface area is 159 Å². The first-order valence-electron chi connectivity index (χ1n) is 0.333. The first-order valence-corrected chi connectivity index (χ1v) is 8.19. The van der Waals surface area contributed by atoms with Crippen LogP contribution in [0.4, 0.5) is 0 Å². The average Bonchev–Trinajstić information content (AvgIpc) is 0.918. The number of rotatable bonds is 0. The molecule has 0 aromatic carbocycles. The van der Waals surface area contributed by atoms with Crippen LogP contribution in [0.1, 0.15) is 0 Å². The molecule has 0 saturated heterocycles. The Morgan fingerprint density at radius 1 is 0.857 bits per heavy atom. The summed E-state index contributed by atoms with van der Waals surface area (Å²) < 4.78 is 0. The van der Waals surface area contributed by atoms with Crippen LogP contribution in [-0.4, -0.2) is 0 Å². The van der Waals surface area contributed by atoms with E-state index < -0.39 is 14.9 Å². The zero-order valence-corrected chi connectivity index (χ0v) is 16.7. The summed E-state index contributed by atoms with van der Waals surface area (Å²) in [5.74, 6) is 0. The Balaban J connectivity index is -0.00000000333. The third-order valence-corrected chi connectivity index (χ3v) is 0. The van der Waals surface area contributed by atoms with Gasteiger partial charge in [-0.05, 0) is 0 Å². The molecular formula is H2K2S4W. The van der Waals surface area contributed by atoms with Gasteiger partial charge in [-0.15, -0.1) is 0 Å².